The highest BCUT2D eigenvalue weighted by Crippen LogP contribution is 2.31. The quantitative estimate of drug-likeness (QED) is 0.321. The molecule has 188 valence electrons. The van der Waals surface area contributed by atoms with Gasteiger partial charge < -0.3 is 9.88 Å². The molecule has 0 spiro atoms. The van der Waals surface area contributed by atoms with Crippen molar-refractivity contribution in [1.29, 1.82) is 0 Å². The lowest BCUT2D eigenvalue weighted by molar-refractivity contribution is 0.772. The van der Waals surface area contributed by atoms with E-state index >= 15 is 0 Å². The van der Waals surface area contributed by atoms with E-state index in [4.69, 9.17) is 6.57 Å². The molecule has 3 aromatic heterocycles. The fourth-order valence-corrected chi connectivity index (χ4v) is 4.74. The van der Waals surface area contributed by atoms with Gasteiger partial charge in [0.2, 0.25) is 5.69 Å². The molecule has 0 saturated carbocycles. The molecule has 0 amide bonds. The number of aryl methyl sites for hydroxylation is 3. The van der Waals surface area contributed by atoms with Crippen LogP contribution in [-0.2, 0) is 7.05 Å². The molecule has 8 heteroatoms. The molecule has 0 saturated heterocycles. The van der Waals surface area contributed by atoms with Gasteiger partial charge in [0, 0.05) is 36.4 Å². The minimum Gasteiger partial charge on any atom is -0.371 e. The molecule has 0 radical (unpaired) electrons. The van der Waals surface area contributed by atoms with Crippen molar-refractivity contribution in [3.63, 3.8) is 0 Å². The van der Waals surface area contributed by atoms with Crippen LogP contribution in [0, 0.1) is 20.4 Å². The molecular formula is C30H26N6O2. The van der Waals surface area contributed by atoms with Gasteiger partial charge in [-0.3, -0.25) is 19.1 Å². The van der Waals surface area contributed by atoms with Crippen molar-refractivity contribution < 1.29 is 0 Å². The zero-order valence-electron chi connectivity index (χ0n) is 21.6. The number of benzene rings is 2. The molecule has 0 fully saturated rings. The Hall–Kier alpha value is -5.03. The molecule has 38 heavy (non-hydrogen) atoms. The van der Waals surface area contributed by atoms with Crippen LogP contribution in [0.15, 0.2) is 82.6 Å². The molecule has 0 bridgehead atoms. The smallest absolute Gasteiger partial charge is 0.263 e. The number of rotatable bonds is 5. The summed E-state index contributed by atoms with van der Waals surface area (Å²) < 4.78 is 3.24. The summed E-state index contributed by atoms with van der Waals surface area (Å²) in [7, 11) is 1.71. The minimum absolute atomic E-state index is 0.0726. The van der Waals surface area contributed by atoms with Crippen LogP contribution in [0.1, 0.15) is 30.0 Å². The van der Waals surface area contributed by atoms with Crippen LogP contribution in [0.2, 0.25) is 0 Å². The van der Waals surface area contributed by atoms with Gasteiger partial charge in [0.25, 0.3) is 11.1 Å². The SMILES string of the molecule is [C-]#[N+]c1cnc(C)nc1N[C@@H](C)c1cc2cccc(-c3cc(C)c(=O)n(C)c3)c2c(=O)n1-c1ccccc1. The van der Waals surface area contributed by atoms with Gasteiger partial charge in [-0.2, -0.15) is 0 Å². The molecule has 5 rings (SSSR count). The van der Waals surface area contributed by atoms with E-state index in [1.165, 1.54) is 10.8 Å². The number of hydrogen-bond acceptors (Lipinski definition) is 5. The number of para-hydroxylation sites is 1. The van der Waals surface area contributed by atoms with Gasteiger partial charge >= 0.3 is 0 Å². The molecular weight excluding hydrogens is 476 g/mol. The number of hydrogen-bond donors (Lipinski definition) is 1. The number of anilines is 1. The second kappa shape index (κ2) is 9.79. The Labute approximate surface area is 219 Å². The summed E-state index contributed by atoms with van der Waals surface area (Å²) in [6.45, 7) is 13.0. The lowest BCUT2D eigenvalue weighted by atomic mass is 9.98. The number of nitrogens with zero attached hydrogens (tertiary/aromatic N) is 5. The molecule has 5 aromatic rings. The average molecular weight is 503 g/mol. The van der Waals surface area contributed by atoms with Crippen molar-refractivity contribution in [1.82, 2.24) is 19.1 Å². The Morgan fingerprint density at radius 2 is 1.76 bits per heavy atom. The molecule has 0 unspecified atom stereocenters. The predicted molar refractivity (Wildman–Crippen MR) is 150 cm³/mol. The summed E-state index contributed by atoms with van der Waals surface area (Å²) in [4.78, 5) is 38.7. The van der Waals surface area contributed by atoms with Gasteiger partial charge in [-0.1, -0.05) is 36.4 Å². The van der Waals surface area contributed by atoms with E-state index in [2.05, 4.69) is 20.1 Å². The minimum atomic E-state index is -0.370. The molecule has 1 atom stereocenters. The van der Waals surface area contributed by atoms with E-state index in [0.29, 0.717) is 28.3 Å². The van der Waals surface area contributed by atoms with Gasteiger partial charge in [0.1, 0.15) is 11.6 Å². The zero-order valence-corrected chi connectivity index (χ0v) is 21.6. The first-order chi connectivity index (χ1) is 18.3. The summed E-state index contributed by atoms with van der Waals surface area (Å²) in [6, 6.07) is 18.6. The average Bonchev–Trinajstić information content (AvgIpc) is 2.91. The summed E-state index contributed by atoms with van der Waals surface area (Å²) in [5.74, 6) is 0.963. The molecule has 2 aromatic carbocycles. The lowest BCUT2D eigenvalue weighted by Crippen LogP contribution is -2.26. The standard InChI is InChI=1S/C30H26N6O2/c1-18-14-22(17-35(5)29(18)37)24-13-9-10-21-15-26(19(2)33-28-25(31-4)16-32-20(3)34-28)36(30(38)27(21)24)23-11-7-6-8-12-23/h6-17,19H,1-3,5H3,(H,32,33,34)/t19-/m0/s1. The fraction of sp³-hybridized carbons (Fsp3) is 0.167. The van der Waals surface area contributed by atoms with Gasteiger partial charge in [0.05, 0.1) is 18.0 Å². The van der Waals surface area contributed by atoms with Crippen molar-refractivity contribution >= 4 is 22.3 Å². The van der Waals surface area contributed by atoms with Crippen LogP contribution in [0.3, 0.4) is 0 Å². The summed E-state index contributed by atoms with van der Waals surface area (Å²) in [5, 5.41) is 4.66. The highest BCUT2D eigenvalue weighted by atomic mass is 16.1. The highest BCUT2D eigenvalue weighted by Gasteiger charge is 2.20. The van der Waals surface area contributed by atoms with E-state index in [-0.39, 0.29) is 17.2 Å². The summed E-state index contributed by atoms with van der Waals surface area (Å²) in [5.41, 5.74) is 3.65. The maximum absolute atomic E-state index is 14.3. The second-order valence-corrected chi connectivity index (χ2v) is 9.27. The topological polar surface area (TPSA) is 86.2 Å². The van der Waals surface area contributed by atoms with Crippen molar-refractivity contribution in [2.75, 3.05) is 5.32 Å². The Morgan fingerprint density at radius 1 is 1.00 bits per heavy atom. The molecule has 0 aliphatic heterocycles. The van der Waals surface area contributed by atoms with Gasteiger partial charge in [-0.05, 0) is 61.5 Å². The fourth-order valence-electron chi connectivity index (χ4n) is 4.74. The monoisotopic (exact) mass is 502 g/mol. The van der Waals surface area contributed by atoms with Crippen LogP contribution in [0.5, 0.6) is 0 Å². The summed E-state index contributed by atoms with van der Waals surface area (Å²) in [6.07, 6.45) is 3.26. The van der Waals surface area contributed by atoms with Gasteiger partial charge in [-0.15, -0.1) is 0 Å². The van der Waals surface area contributed by atoms with Gasteiger partial charge in [0.15, 0.2) is 0 Å². The second-order valence-electron chi connectivity index (χ2n) is 9.27. The van der Waals surface area contributed by atoms with Crippen LogP contribution in [0.25, 0.3) is 32.4 Å². The number of pyridine rings is 2. The Kier molecular flexibility index (Phi) is 6.35. The van der Waals surface area contributed by atoms with E-state index in [1.54, 1.807) is 31.7 Å². The molecule has 0 aliphatic rings. The van der Waals surface area contributed by atoms with Gasteiger partial charge in [-0.25, -0.2) is 9.83 Å². The number of fused-ring (bicyclic) bond motifs is 1. The third kappa shape index (κ3) is 4.35. The zero-order chi connectivity index (χ0) is 27.0. The largest absolute Gasteiger partial charge is 0.371 e. The van der Waals surface area contributed by atoms with Crippen molar-refractivity contribution in [3.05, 3.63) is 122 Å². The number of aromatic nitrogens is 4. The van der Waals surface area contributed by atoms with Crippen LogP contribution in [0.4, 0.5) is 11.5 Å². The highest BCUT2D eigenvalue weighted by molar-refractivity contribution is 5.96. The lowest BCUT2D eigenvalue weighted by Gasteiger charge is -2.22. The Bertz CT molecular complexity index is 1820. The van der Waals surface area contributed by atoms with Crippen molar-refractivity contribution in [2.45, 2.75) is 26.8 Å². The maximum atomic E-state index is 14.3. The Morgan fingerprint density at radius 3 is 2.47 bits per heavy atom. The van der Waals surface area contributed by atoms with Crippen molar-refractivity contribution in [2.24, 2.45) is 7.05 Å². The number of nitrogens with one attached hydrogen (secondary N) is 1. The van der Waals surface area contributed by atoms with E-state index < -0.39 is 0 Å². The van der Waals surface area contributed by atoms with E-state index in [0.717, 1.165) is 27.9 Å². The maximum Gasteiger partial charge on any atom is 0.263 e. The first-order valence-corrected chi connectivity index (χ1v) is 12.2. The molecule has 3 heterocycles. The van der Waals surface area contributed by atoms with Crippen molar-refractivity contribution in [3.8, 4) is 16.8 Å². The summed E-state index contributed by atoms with van der Waals surface area (Å²) >= 11 is 0. The van der Waals surface area contributed by atoms with Crippen LogP contribution >= 0.6 is 0 Å². The van der Waals surface area contributed by atoms with Crippen LogP contribution < -0.4 is 16.4 Å². The first-order valence-electron chi connectivity index (χ1n) is 12.2. The normalized spacial score (nSPS) is 11.8. The molecule has 8 nitrogen and oxygen atoms in total. The van der Waals surface area contributed by atoms with Crippen LogP contribution in [-0.4, -0.2) is 19.1 Å². The Balaban J connectivity index is 1.77. The van der Waals surface area contributed by atoms with E-state index in [1.807, 2.05) is 67.6 Å². The molecule has 0 aliphatic carbocycles. The third-order valence-electron chi connectivity index (χ3n) is 6.57. The first kappa shape index (κ1) is 24.7. The third-order valence-corrected chi connectivity index (χ3v) is 6.57. The van der Waals surface area contributed by atoms with E-state index in [9.17, 15) is 9.59 Å². The predicted octanol–water partition coefficient (Wildman–Crippen LogP) is 5.49. The molecule has 1 N–H and O–H groups in total.